The number of aromatic amines is 1. The van der Waals surface area contributed by atoms with Crippen LogP contribution in [0.25, 0.3) is 21.9 Å². The first-order valence-corrected chi connectivity index (χ1v) is 11.4. The highest BCUT2D eigenvalue weighted by Crippen LogP contribution is 2.28. The molecule has 0 spiro atoms. The van der Waals surface area contributed by atoms with Crippen LogP contribution in [0.4, 0.5) is 0 Å². The molecule has 0 saturated heterocycles. The fourth-order valence-electron chi connectivity index (χ4n) is 3.45. The third-order valence-corrected chi connectivity index (χ3v) is 7.52. The topological polar surface area (TPSA) is 116 Å². The van der Waals surface area contributed by atoms with Crippen molar-refractivity contribution in [2.45, 2.75) is 25.3 Å². The largest absolute Gasteiger partial charge is 0.395 e. The van der Waals surface area contributed by atoms with Gasteiger partial charge in [-0.05, 0) is 48.6 Å². The highest BCUT2D eigenvalue weighted by atomic mass is 32.2. The van der Waals surface area contributed by atoms with Gasteiger partial charge < -0.3 is 10.1 Å². The molecular weight excluding hydrogens is 424 g/mol. The maximum Gasteiger partial charge on any atom is 0.252 e. The van der Waals surface area contributed by atoms with Crippen molar-refractivity contribution < 1.29 is 13.5 Å². The van der Waals surface area contributed by atoms with E-state index in [1.165, 1.54) is 0 Å². The Kier molecular flexibility index (Phi) is 5.41. The Bertz CT molecular complexity index is 1410. The Morgan fingerprint density at radius 3 is 2.70 bits per heavy atom. The molecule has 2 aromatic carbocycles. The van der Waals surface area contributed by atoms with Crippen LogP contribution in [0.2, 0.25) is 0 Å². The maximum atomic E-state index is 13.5. The molecule has 0 fully saturated rings. The molecule has 8 nitrogen and oxygen atoms in total. The highest BCUT2D eigenvalue weighted by molar-refractivity contribution is 7.89. The summed E-state index contributed by atoms with van der Waals surface area (Å²) < 4.78 is 36.4. The average Bonchev–Trinajstić information content (AvgIpc) is 3.16. The summed E-state index contributed by atoms with van der Waals surface area (Å²) in [4.78, 5) is 15.5. The summed E-state index contributed by atoms with van der Waals surface area (Å²) in [7, 11) is -4.04. The van der Waals surface area contributed by atoms with Crippen molar-refractivity contribution in [1.82, 2.24) is 18.0 Å². The van der Waals surface area contributed by atoms with Crippen molar-refractivity contribution in [1.29, 1.82) is 0 Å². The molecule has 2 aromatic heterocycles. The fraction of sp³-hybridized carbons (Fsp3) is 0.250. The summed E-state index contributed by atoms with van der Waals surface area (Å²) in [5.74, 6) is 0. The molecule has 0 aliphatic rings. The standard InChI is InChI=1S/C20H20N4O4S2/c1-12-3-5-14-10-15(20(26)21-17(14)9-12)11-24(7-8-25)30(27,28)19-13(2)4-6-16-18(19)23-29-22-16/h3-6,9-10,25H,7-8,11H2,1-2H3,(H,21,26). The Hall–Kier alpha value is -2.66. The number of aliphatic hydroxyl groups excluding tert-OH is 1. The van der Waals surface area contributed by atoms with Crippen molar-refractivity contribution in [3.63, 3.8) is 0 Å². The van der Waals surface area contributed by atoms with E-state index in [-0.39, 0.29) is 30.2 Å². The Labute approximate surface area is 177 Å². The molecule has 2 N–H and O–H groups in total. The van der Waals surface area contributed by atoms with Gasteiger partial charge in [0, 0.05) is 24.2 Å². The smallest absolute Gasteiger partial charge is 0.252 e. The van der Waals surface area contributed by atoms with E-state index < -0.39 is 10.0 Å². The molecular formula is C20H20N4O4S2. The minimum atomic E-state index is -4.04. The number of aryl methyl sites for hydroxylation is 2. The van der Waals surface area contributed by atoms with Gasteiger partial charge in [0.15, 0.2) is 0 Å². The summed E-state index contributed by atoms with van der Waals surface area (Å²) in [6, 6.07) is 10.7. The van der Waals surface area contributed by atoms with Crippen LogP contribution in [0.1, 0.15) is 16.7 Å². The summed E-state index contributed by atoms with van der Waals surface area (Å²) in [6.07, 6.45) is 0. The zero-order valence-electron chi connectivity index (χ0n) is 16.4. The van der Waals surface area contributed by atoms with Gasteiger partial charge in [-0.1, -0.05) is 18.2 Å². The van der Waals surface area contributed by atoms with Crippen molar-refractivity contribution in [2.75, 3.05) is 13.2 Å². The van der Waals surface area contributed by atoms with Crippen LogP contribution in [-0.2, 0) is 16.6 Å². The Morgan fingerprint density at radius 2 is 1.93 bits per heavy atom. The number of sulfonamides is 1. The number of hydrogen-bond donors (Lipinski definition) is 2. The molecule has 2 heterocycles. The summed E-state index contributed by atoms with van der Waals surface area (Å²) in [5.41, 5.74) is 2.95. The van der Waals surface area contributed by atoms with E-state index in [0.717, 1.165) is 27.0 Å². The molecule has 4 aromatic rings. The minimum Gasteiger partial charge on any atom is -0.395 e. The van der Waals surface area contributed by atoms with Crippen LogP contribution in [-0.4, -0.2) is 44.7 Å². The molecule has 4 rings (SSSR count). The molecule has 0 saturated carbocycles. The second kappa shape index (κ2) is 7.88. The third-order valence-electron chi connectivity index (χ3n) is 4.95. The third kappa shape index (κ3) is 3.63. The Balaban J connectivity index is 1.81. The number of pyridine rings is 1. The number of aromatic nitrogens is 3. The lowest BCUT2D eigenvalue weighted by Crippen LogP contribution is -2.35. The number of fused-ring (bicyclic) bond motifs is 2. The van der Waals surface area contributed by atoms with Crippen LogP contribution >= 0.6 is 11.7 Å². The van der Waals surface area contributed by atoms with Gasteiger partial charge in [-0.15, -0.1) is 0 Å². The van der Waals surface area contributed by atoms with Crippen molar-refractivity contribution >= 4 is 43.7 Å². The van der Waals surface area contributed by atoms with E-state index in [1.807, 2.05) is 25.1 Å². The zero-order chi connectivity index (χ0) is 21.5. The molecule has 0 aliphatic carbocycles. The van der Waals surface area contributed by atoms with E-state index in [0.29, 0.717) is 27.7 Å². The normalized spacial score (nSPS) is 12.3. The van der Waals surface area contributed by atoms with E-state index >= 15 is 0 Å². The van der Waals surface area contributed by atoms with Crippen LogP contribution in [0, 0.1) is 13.8 Å². The van der Waals surface area contributed by atoms with Gasteiger partial charge in [0.1, 0.15) is 15.9 Å². The number of rotatable bonds is 6. The molecule has 0 radical (unpaired) electrons. The highest BCUT2D eigenvalue weighted by Gasteiger charge is 2.30. The lowest BCUT2D eigenvalue weighted by Gasteiger charge is -2.22. The van der Waals surface area contributed by atoms with Crippen LogP contribution in [0.5, 0.6) is 0 Å². The van der Waals surface area contributed by atoms with Crippen LogP contribution in [0.3, 0.4) is 0 Å². The molecule has 0 amide bonds. The summed E-state index contributed by atoms with van der Waals surface area (Å²) in [5, 5.41) is 10.3. The van der Waals surface area contributed by atoms with E-state index in [2.05, 4.69) is 13.7 Å². The molecule has 0 unspecified atom stereocenters. The molecule has 0 aliphatic heterocycles. The lowest BCUT2D eigenvalue weighted by molar-refractivity contribution is 0.251. The van der Waals surface area contributed by atoms with Gasteiger partial charge in [0.2, 0.25) is 10.0 Å². The average molecular weight is 445 g/mol. The first-order valence-electron chi connectivity index (χ1n) is 9.26. The number of hydrogen-bond acceptors (Lipinski definition) is 7. The Morgan fingerprint density at radius 1 is 1.13 bits per heavy atom. The lowest BCUT2D eigenvalue weighted by atomic mass is 10.1. The SMILES string of the molecule is Cc1ccc2cc(CN(CCO)S(=O)(=O)c3c(C)ccc4nsnc34)c(=O)[nH]c2c1. The van der Waals surface area contributed by atoms with Gasteiger partial charge in [-0.2, -0.15) is 13.1 Å². The number of H-pyrrole nitrogens is 1. The van der Waals surface area contributed by atoms with E-state index in [1.54, 1.807) is 25.1 Å². The molecule has 0 bridgehead atoms. The number of nitrogens with one attached hydrogen (secondary N) is 1. The molecule has 0 atom stereocenters. The van der Waals surface area contributed by atoms with Crippen molar-refractivity contribution in [3.05, 3.63) is 63.4 Å². The van der Waals surface area contributed by atoms with Crippen LogP contribution in [0.15, 0.2) is 46.1 Å². The predicted octanol–water partition coefficient (Wildman–Crippen LogP) is 2.33. The van der Waals surface area contributed by atoms with Gasteiger partial charge >= 0.3 is 0 Å². The molecule has 10 heteroatoms. The van der Waals surface area contributed by atoms with Gasteiger partial charge in [-0.25, -0.2) is 8.42 Å². The van der Waals surface area contributed by atoms with Crippen molar-refractivity contribution in [3.8, 4) is 0 Å². The first kappa shape index (κ1) is 20.6. The number of nitrogens with zero attached hydrogens (tertiary/aromatic N) is 3. The molecule has 156 valence electrons. The number of aliphatic hydroxyl groups is 1. The van der Waals surface area contributed by atoms with Gasteiger partial charge in [0.05, 0.1) is 18.3 Å². The number of benzene rings is 2. The van der Waals surface area contributed by atoms with E-state index in [9.17, 15) is 18.3 Å². The summed E-state index contributed by atoms with van der Waals surface area (Å²) in [6.45, 7) is 2.91. The minimum absolute atomic E-state index is 0.0510. The fourth-order valence-corrected chi connectivity index (χ4v) is 5.81. The second-order valence-electron chi connectivity index (χ2n) is 7.12. The second-order valence-corrected chi connectivity index (χ2v) is 9.52. The van der Waals surface area contributed by atoms with Crippen molar-refractivity contribution in [2.24, 2.45) is 0 Å². The quantitative estimate of drug-likeness (QED) is 0.472. The predicted molar refractivity (Wildman–Crippen MR) is 116 cm³/mol. The monoisotopic (exact) mass is 444 g/mol. The first-order chi connectivity index (χ1) is 14.3. The van der Waals surface area contributed by atoms with E-state index in [4.69, 9.17) is 0 Å². The van der Waals surface area contributed by atoms with Crippen LogP contribution < -0.4 is 5.56 Å². The zero-order valence-corrected chi connectivity index (χ0v) is 18.0. The molecule has 30 heavy (non-hydrogen) atoms. The summed E-state index contributed by atoms with van der Waals surface area (Å²) >= 11 is 0.939. The van der Waals surface area contributed by atoms with Gasteiger partial charge in [-0.3, -0.25) is 4.79 Å². The van der Waals surface area contributed by atoms with Gasteiger partial charge in [0.25, 0.3) is 5.56 Å². The maximum absolute atomic E-state index is 13.5.